The Balaban J connectivity index is 1.85. The average molecular weight is 488 g/mol. The predicted molar refractivity (Wildman–Crippen MR) is 123 cm³/mol. The number of nitrogens with zero attached hydrogens (tertiary/aromatic N) is 3. The van der Waals surface area contributed by atoms with Crippen molar-refractivity contribution in [1.82, 2.24) is 15.2 Å². The summed E-state index contributed by atoms with van der Waals surface area (Å²) in [5.74, 6) is -0.877. The topological polar surface area (TPSA) is 95.2 Å². The fourth-order valence-electron chi connectivity index (χ4n) is 3.58. The third kappa shape index (κ3) is 3.44. The molecular weight excluding hydrogens is 474 g/mol. The van der Waals surface area contributed by atoms with Crippen molar-refractivity contribution >= 4 is 43.6 Å². The minimum absolute atomic E-state index is 0.174. The van der Waals surface area contributed by atoms with Crippen LogP contribution in [0.4, 0.5) is 0 Å². The van der Waals surface area contributed by atoms with Gasteiger partial charge in [0.15, 0.2) is 0 Å². The molecule has 0 saturated heterocycles. The van der Waals surface area contributed by atoms with Crippen LogP contribution in [0.15, 0.2) is 80.4 Å². The lowest BCUT2D eigenvalue weighted by molar-refractivity contribution is 0.0585. The molecule has 0 radical (unpaired) electrons. The van der Waals surface area contributed by atoms with Crippen LogP contribution < -0.4 is 5.63 Å². The van der Waals surface area contributed by atoms with Gasteiger partial charge in [-0.2, -0.15) is 0 Å². The molecule has 0 aliphatic rings. The molecule has 0 unspecified atom stereocenters. The summed E-state index contributed by atoms with van der Waals surface area (Å²) in [5.41, 5.74) is 1.89. The summed E-state index contributed by atoms with van der Waals surface area (Å²) >= 11 is 3.42. The van der Waals surface area contributed by atoms with Gasteiger partial charge in [0, 0.05) is 32.4 Å². The van der Waals surface area contributed by atoms with Crippen molar-refractivity contribution in [3.05, 3.63) is 87.4 Å². The van der Waals surface area contributed by atoms with Crippen molar-refractivity contribution in [3.63, 3.8) is 0 Å². The number of methoxy groups -OCH3 is 1. The maximum atomic E-state index is 12.5. The van der Waals surface area contributed by atoms with Crippen molar-refractivity contribution in [1.29, 1.82) is 0 Å². The summed E-state index contributed by atoms with van der Waals surface area (Å²) in [6.07, 6.45) is 0. The second kappa shape index (κ2) is 7.97. The van der Waals surface area contributed by atoms with E-state index in [1.165, 1.54) is 13.2 Å². The maximum Gasteiger partial charge on any atom is 0.378 e. The van der Waals surface area contributed by atoms with Crippen LogP contribution in [0.2, 0.25) is 0 Å². The summed E-state index contributed by atoms with van der Waals surface area (Å²) in [6.45, 7) is 0. The van der Waals surface area contributed by atoms with Gasteiger partial charge in [0.25, 0.3) is 5.82 Å². The van der Waals surface area contributed by atoms with E-state index in [0.717, 1.165) is 15.2 Å². The molecule has 8 heteroatoms. The van der Waals surface area contributed by atoms with Gasteiger partial charge < -0.3 is 9.15 Å². The molecule has 5 aromatic rings. The van der Waals surface area contributed by atoms with E-state index in [9.17, 15) is 9.59 Å². The number of esters is 1. The Morgan fingerprint density at radius 3 is 2.50 bits per heavy atom. The summed E-state index contributed by atoms with van der Waals surface area (Å²) in [4.78, 5) is 29.0. The first-order valence-electron chi connectivity index (χ1n) is 9.60. The van der Waals surface area contributed by atoms with Crippen molar-refractivity contribution in [2.45, 2.75) is 0 Å². The summed E-state index contributed by atoms with van der Waals surface area (Å²) in [6, 6.07) is 20.2. The molecule has 2 aromatic heterocycles. The highest BCUT2D eigenvalue weighted by atomic mass is 79.9. The first kappa shape index (κ1) is 20.0. The Kier molecular flexibility index (Phi) is 4.99. The zero-order valence-corrected chi connectivity index (χ0v) is 18.3. The van der Waals surface area contributed by atoms with Crippen LogP contribution in [0.1, 0.15) is 10.6 Å². The Morgan fingerprint density at radius 2 is 1.72 bits per heavy atom. The monoisotopic (exact) mass is 487 g/mol. The molecule has 0 aliphatic carbocycles. The van der Waals surface area contributed by atoms with Gasteiger partial charge >= 0.3 is 11.6 Å². The lowest BCUT2D eigenvalue weighted by Crippen LogP contribution is -2.11. The van der Waals surface area contributed by atoms with E-state index < -0.39 is 11.6 Å². The molecule has 0 amide bonds. The molecule has 5 rings (SSSR count). The van der Waals surface area contributed by atoms with E-state index in [1.54, 1.807) is 0 Å². The molecule has 0 saturated carbocycles. The normalized spacial score (nSPS) is 11.1. The molecule has 32 heavy (non-hydrogen) atoms. The first-order chi connectivity index (χ1) is 15.5. The highest BCUT2D eigenvalue weighted by Crippen LogP contribution is 2.35. The smallest absolute Gasteiger partial charge is 0.378 e. The average Bonchev–Trinajstić information content (AvgIpc) is 2.83. The molecule has 0 aliphatic heterocycles. The van der Waals surface area contributed by atoms with Crippen LogP contribution in [0.3, 0.4) is 0 Å². The quantitative estimate of drug-likeness (QED) is 0.200. The van der Waals surface area contributed by atoms with Gasteiger partial charge in [-0.1, -0.05) is 58.4 Å². The lowest BCUT2D eigenvalue weighted by Gasteiger charge is -2.11. The van der Waals surface area contributed by atoms with E-state index in [-0.39, 0.29) is 5.82 Å². The fraction of sp³-hybridized carbons (Fsp3) is 0.0417. The van der Waals surface area contributed by atoms with Gasteiger partial charge in [0.1, 0.15) is 17.0 Å². The molecule has 0 spiro atoms. The maximum absolute atomic E-state index is 12.5. The Hall–Kier alpha value is -3.91. The van der Waals surface area contributed by atoms with Crippen LogP contribution in [0, 0.1) is 0 Å². The number of hydrogen-bond acceptors (Lipinski definition) is 7. The number of rotatable bonds is 3. The first-order valence-corrected chi connectivity index (χ1v) is 10.4. The number of carbonyl (C=O) groups excluding carboxylic acids is 1. The number of benzene rings is 3. The number of aromatic nitrogens is 3. The van der Waals surface area contributed by atoms with E-state index in [1.807, 2.05) is 60.7 Å². The lowest BCUT2D eigenvalue weighted by atomic mass is 9.99. The van der Waals surface area contributed by atoms with Gasteiger partial charge in [-0.25, -0.2) is 14.6 Å². The molecule has 0 fully saturated rings. The van der Waals surface area contributed by atoms with Crippen molar-refractivity contribution in [3.8, 4) is 22.5 Å². The Morgan fingerprint density at radius 1 is 0.938 bits per heavy atom. The number of ether oxygens (including phenoxy) is 1. The molecule has 7 nitrogen and oxygen atoms in total. The zero-order valence-electron chi connectivity index (χ0n) is 16.7. The number of hydrogen-bond donors (Lipinski definition) is 0. The van der Waals surface area contributed by atoms with Gasteiger partial charge in [-0.15, -0.1) is 10.2 Å². The van der Waals surface area contributed by atoms with Crippen LogP contribution in [0.25, 0.3) is 44.3 Å². The zero-order chi connectivity index (χ0) is 22.2. The molecule has 3 aromatic carbocycles. The van der Waals surface area contributed by atoms with Crippen LogP contribution >= 0.6 is 15.9 Å². The third-order valence-electron chi connectivity index (χ3n) is 5.06. The largest absolute Gasteiger partial charge is 0.463 e. The predicted octanol–water partition coefficient (Wildman–Crippen LogP) is 5.01. The van der Waals surface area contributed by atoms with E-state index in [4.69, 9.17) is 9.15 Å². The molecule has 2 heterocycles. The van der Waals surface area contributed by atoms with Crippen molar-refractivity contribution in [2.75, 3.05) is 7.11 Å². The third-order valence-corrected chi connectivity index (χ3v) is 5.59. The SMILES string of the molecule is COC(=O)c1nnc(-c2cc(=O)oc3c2ccc2ccccc23)c(-c2ccc(Br)cc2)n1. The highest BCUT2D eigenvalue weighted by molar-refractivity contribution is 9.10. The van der Waals surface area contributed by atoms with Gasteiger partial charge in [-0.05, 0) is 23.6 Å². The number of carbonyl (C=O) groups is 1. The molecule has 156 valence electrons. The fourth-order valence-corrected chi connectivity index (χ4v) is 3.85. The van der Waals surface area contributed by atoms with Crippen molar-refractivity contribution in [2.24, 2.45) is 0 Å². The summed E-state index contributed by atoms with van der Waals surface area (Å²) in [5, 5.41) is 10.7. The Labute approximate surface area is 189 Å². The summed E-state index contributed by atoms with van der Waals surface area (Å²) < 4.78 is 11.2. The van der Waals surface area contributed by atoms with E-state index >= 15 is 0 Å². The van der Waals surface area contributed by atoms with Crippen LogP contribution in [-0.2, 0) is 4.74 Å². The minimum atomic E-state index is -0.703. The second-order valence-electron chi connectivity index (χ2n) is 6.97. The number of halogens is 1. The highest BCUT2D eigenvalue weighted by Gasteiger charge is 2.21. The van der Waals surface area contributed by atoms with Crippen molar-refractivity contribution < 1.29 is 13.9 Å². The standard InChI is InChI=1S/C24H14BrN3O4/c1-31-24(30)23-26-20(14-6-9-15(25)10-7-14)21(27-28-23)18-12-19(29)32-22-16-5-3-2-4-13(16)8-11-17(18)22/h2-12H,1H3. The molecular formula is C24H14BrN3O4. The van der Waals surface area contributed by atoms with Gasteiger partial charge in [-0.3, -0.25) is 0 Å². The van der Waals surface area contributed by atoms with E-state index in [2.05, 4.69) is 31.1 Å². The van der Waals surface area contributed by atoms with E-state index in [0.29, 0.717) is 33.5 Å². The Bertz CT molecular complexity index is 1560. The van der Waals surface area contributed by atoms with Gasteiger partial charge in [0.05, 0.1) is 7.11 Å². The number of fused-ring (bicyclic) bond motifs is 3. The molecule has 0 N–H and O–H groups in total. The minimum Gasteiger partial charge on any atom is -0.463 e. The second-order valence-corrected chi connectivity index (χ2v) is 7.89. The molecule has 0 bridgehead atoms. The van der Waals surface area contributed by atoms with Gasteiger partial charge in [0.2, 0.25) is 0 Å². The molecule has 0 atom stereocenters. The van der Waals surface area contributed by atoms with Crippen LogP contribution in [-0.4, -0.2) is 28.3 Å². The summed E-state index contributed by atoms with van der Waals surface area (Å²) in [7, 11) is 1.25. The van der Waals surface area contributed by atoms with Crippen LogP contribution in [0.5, 0.6) is 0 Å².